The molecule has 1 heterocycles. The van der Waals surface area contributed by atoms with Gasteiger partial charge in [0, 0.05) is 45.3 Å². The van der Waals surface area contributed by atoms with E-state index in [1.807, 2.05) is 53.4 Å². The number of halogens is 1. The van der Waals surface area contributed by atoms with Crippen LogP contribution >= 0.6 is 11.6 Å². The van der Waals surface area contributed by atoms with Crippen molar-refractivity contribution in [3.05, 3.63) is 59.1 Å². The molecule has 3 amide bonds. The van der Waals surface area contributed by atoms with E-state index in [2.05, 4.69) is 15.5 Å². The van der Waals surface area contributed by atoms with E-state index in [0.717, 1.165) is 35.1 Å². The summed E-state index contributed by atoms with van der Waals surface area (Å²) in [5, 5.41) is 6.42. The van der Waals surface area contributed by atoms with Gasteiger partial charge in [0.2, 0.25) is 5.91 Å². The van der Waals surface area contributed by atoms with Gasteiger partial charge in [0.1, 0.15) is 0 Å². The van der Waals surface area contributed by atoms with Crippen molar-refractivity contribution in [2.45, 2.75) is 13.5 Å². The highest BCUT2D eigenvalue weighted by Crippen LogP contribution is 2.26. The molecule has 1 fully saturated rings. The third kappa shape index (κ3) is 5.14. The van der Waals surface area contributed by atoms with E-state index in [1.54, 1.807) is 0 Å². The minimum Gasteiger partial charge on any atom is -0.367 e. The SMILES string of the molecule is CC(=O)Nc1cccc(CNC(=O)N2CCN(c3ccccc3Cl)CC2)c1. The van der Waals surface area contributed by atoms with Gasteiger partial charge in [-0.2, -0.15) is 0 Å². The van der Waals surface area contributed by atoms with Crippen LogP contribution in [0.2, 0.25) is 5.02 Å². The lowest BCUT2D eigenvalue weighted by Crippen LogP contribution is -2.51. The van der Waals surface area contributed by atoms with Crippen molar-refractivity contribution in [2.75, 3.05) is 36.4 Å². The summed E-state index contributed by atoms with van der Waals surface area (Å²) < 4.78 is 0. The van der Waals surface area contributed by atoms with Crippen LogP contribution in [0.25, 0.3) is 0 Å². The van der Waals surface area contributed by atoms with E-state index in [0.29, 0.717) is 19.6 Å². The van der Waals surface area contributed by atoms with E-state index >= 15 is 0 Å². The number of hydrogen-bond donors (Lipinski definition) is 2. The average Bonchev–Trinajstić information content (AvgIpc) is 2.66. The number of carbonyl (C=O) groups is 2. The Bertz CT molecular complexity index is 819. The normalized spacial score (nSPS) is 14.0. The van der Waals surface area contributed by atoms with Gasteiger partial charge in [0.25, 0.3) is 0 Å². The number of amides is 3. The minimum atomic E-state index is -0.118. The lowest BCUT2D eigenvalue weighted by molar-refractivity contribution is -0.114. The molecule has 0 unspecified atom stereocenters. The van der Waals surface area contributed by atoms with Gasteiger partial charge in [0.15, 0.2) is 0 Å². The van der Waals surface area contributed by atoms with Crippen molar-refractivity contribution >= 4 is 34.9 Å². The summed E-state index contributed by atoms with van der Waals surface area (Å²) in [6, 6.07) is 15.1. The van der Waals surface area contributed by atoms with Crippen LogP contribution in [-0.2, 0) is 11.3 Å². The molecule has 0 radical (unpaired) electrons. The molecule has 2 N–H and O–H groups in total. The maximum absolute atomic E-state index is 12.4. The van der Waals surface area contributed by atoms with Gasteiger partial charge in [-0.25, -0.2) is 4.79 Å². The molecule has 0 bridgehead atoms. The second-order valence-electron chi connectivity index (χ2n) is 6.47. The molecule has 0 aliphatic carbocycles. The fraction of sp³-hybridized carbons (Fsp3) is 0.300. The quantitative estimate of drug-likeness (QED) is 0.847. The molecule has 6 nitrogen and oxygen atoms in total. The molecule has 1 aliphatic rings. The van der Waals surface area contributed by atoms with Crippen LogP contribution in [0.5, 0.6) is 0 Å². The maximum atomic E-state index is 12.4. The number of nitrogens with one attached hydrogen (secondary N) is 2. The van der Waals surface area contributed by atoms with E-state index in [-0.39, 0.29) is 11.9 Å². The summed E-state index contributed by atoms with van der Waals surface area (Å²) in [4.78, 5) is 27.6. The van der Waals surface area contributed by atoms with Crippen LogP contribution in [0.1, 0.15) is 12.5 Å². The van der Waals surface area contributed by atoms with Crippen LogP contribution in [0.4, 0.5) is 16.2 Å². The van der Waals surface area contributed by atoms with Gasteiger partial charge >= 0.3 is 6.03 Å². The topological polar surface area (TPSA) is 64.7 Å². The molecular formula is C20H23ClN4O2. The largest absolute Gasteiger partial charge is 0.367 e. The van der Waals surface area contributed by atoms with E-state index in [4.69, 9.17) is 11.6 Å². The second kappa shape index (κ2) is 8.77. The summed E-state index contributed by atoms with van der Waals surface area (Å²) in [5.41, 5.74) is 2.67. The highest BCUT2D eigenvalue weighted by molar-refractivity contribution is 6.33. The summed E-state index contributed by atoms with van der Waals surface area (Å²) in [6.07, 6.45) is 0. The Morgan fingerprint density at radius 1 is 1.04 bits per heavy atom. The van der Waals surface area contributed by atoms with Crippen molar-refractivity contribution in [3.8, 4) is 0 Å². The van der Waals surface area contributed by atoms with Gasteiger partial charge < -0.3 is 20.4 Å². The molecule has 2 aromatic carbocycles. The first-order chi connectivity index (χ1) is 13.0. The van der Waals surface area contributed by atoms with Gasteiger partial charge in [-0.3, -0.25) is 4.79 Å². The molecule has 1 aliphatic heterocycles. The predicted octanol–water partition coefficient (Wildman–Crippen LogP) is 3.33. The van der Waals surface area contributed by atoms with Gasteiger partial charge in [0.05, 0.1) is 10.7 Å². The number of urea groups is 1. The molecular weight excluding hydrogens is 364 g/mol. The number of anilines is 2. The van der Waals surface area contributed by atoms with Crippen molar-refractivity contribution in [1.29, 1.82) is 0 Å². The Morgan fingerprint density at radius 3 is 2.48 bits per heavy atom. The van der Waals surface area contributed by atoms with Crippen LogP contribution in [-0.4, -0.2) is 43.0 Å². The summed E-state index contributed by atoms with van der Waals surface area (Å²) >= 11 is 6.26. The first-order valence-corrected chi connectivity index (χ1v) is 9.29. The monoisotopic (exact) mass is 386 g/mol. The number of carbonyl (C=O) groups excluding carboxylic acids is 2. The molecule has 0 saturated carbocycles. The lowest BCUT2D eigenvalue weighted by atomic mass is 10.2. The van der Waals surface area contributed by atoms with E-state index < -0.39 is 0 Å². The minimum absolute atomic E-state index is 0.0845. The second-order valence-corrected chi connectivity index (χ2v) is 6.87. The number of para-hydroxylation sites is 1. The zero-order chi connectivity index (χ0) is 19.2. The predicted molar refractivity (Wildman–Crippen MR) is 108 cm³/mol. The Kier molecular flexibility index (Phi) is 6.19. The number of nitrogens with zero attached hydrogens (tertiary/aromatic N) is 2. The Morgan fingerprint density at radius 2 is 1.78 bits per heavy atom. The molecule has 27 heavy (non-hydrogen) atoms. The van der Waals surface area contributed by atoms with Crippen molar-refractivity contribution in [1.82, 2.24) is 10.2 Å². The number of piperazine rings is 1. The molecule has 142 valence electrons. The first kappa shape index (κ1) is 19.0. The number of benzene rings is 2. The zero-order valence-corrected chi connectivity index (χ0v) is 16.0. The average molecular weight is 387 g/mol. The van der Waals surface area contributed by atoms with Crippen LogP contribution < -0.4 is 15.5 Å². The maximum Gasteiger partial charge on any atom is 0.317 e. The molecule has 3 rings (SSSR count). The van der Waals surface area contributed by atoms with Gasteiger partial charge in [-0.15, -0.1) is 0 Å². The third-order valence-electron chi connectivity index (χ3n) is 4.45. The zero-order valence-electron chi connectivity index (χ0n) is 15.2. The van der Waals surface area contributed by atoms with Gasteiger partial charge in [-0.1, -0.05) is 35.9 Å². The highest BCUT2D eigenvalue weighted by atomic mass is 35.5. The van der Waals surface area contributed by atoms with E-state index in [9.17, 15) is 9.59 Å². The standard InChI is InChI=1S/C20H23ClN4O2/c1-15(26)23-17-6-4-5-16(13-17)14-22-20(27)25-11-9-24(10-12-25)19-8-3-2-7-18(19)21/h2-8,13H,9-12,14H2,1H3,(H,22,27)(H,23,26). The Balaban J connectivity index is 1.50. The van der Waals surface area contributed by atoms with Crippen molar-refractivity contribution in [2.24, 2.45) is 0 Å². The molecule has 0 aromatic heterocycles. The lowest BCUT2D eigenvalue weighted by Gasteiger charge is -2.36. The highest BCUT2D eigenvalue weighted by Gasteiger charge is 2.22. The third-order valence-corrected chi connectivity index (χ3v) is 4.77. The van der Waals surface area contributed by atoms with Crippen LogP contribution in [0.15, 0.2) is 48.5 Å². The molecule has 0 spiro atoms. The van der Waals surface area contributed by atoms with Crippen LogP contribution in [0, 0.1) is 0 Å². The fourth-order valence-electron chi connectivity index (χ4n) is 3.11. The van der Waals surface area contributed by atoms with Gasteiger partial charge in [-0.05, 0) is 29.8 Å². The van der Waals surface area contributed by atoms with E-state index in [1.165, 1.54) is 6.92 Å². The number of hydrogen-bond acceptors (Lipinski definition) is 3. The number of rotatable bonds is 4. The molecule has 7 heteroatoms. The Hall–Kier alpha value is -2.73. The smallest absolute Gasteiger partial charge is 0.317 e. The van der Waals surface area contributed by atoms with Crippen LogP contribution in [0.3, 0.4) is 0 Å². The molecule has 2 aromatic rings. The summed E-state index contributed by atoms with van der Waals surface area (Å²) in [7, 11) is 0. The molecule has 1 saturated heterocycles. The summed E-state index contributed by atoms with van der Waals surface area (Å²) in [6.45, 7) is 4.66. The van der Waals surface area contributed by atoms with Crippen molar-refractivity contribution < 1.29 is 9.59 Å². The van der Waals surface area contributed by atoms with Crippen molar-refractivity contribution in [3.63, 3.8) is 0 Å². The fourth-order valence-corrected chi connectivity index (χ4v) is 3.37. The molecule has 0 atom stereocenters. The Labute approximate surface area is 164 Å². The summed E-state index contributed by atoms with van der Waals surface area (Å²) in [5.74, 6) is -0.118. The first-order valence-electron chi connectivity index (χ1n) is 8.92.